The maximum absolute atomic E-state index is 12.5. The maximum Gasteiger partial charge on any atom is 0.416 e. The van der Waals surface area contributed by atoms with Gasteiger partial charge < -0.3 is 24.6 Å². The van der Waals surface area contributed by atoms with Crippen LogP contribution in [-0.4, -0.2) is 43.5 Å². The summed E-state index contributed by atoms with van der Waals surface area (Å²) in [6.45, 7) is 0.711. The highest BCUT2D eigenvalue weighted by atomic mass is 35.5. The molecule has 0 aromatic heterocycles. The van der Waals surface area contributed by atoms with Crippen LogP contribution in [0, 0.1) is 0 Å². The van der Waals surface area contributed by atoms with Gasteiger partial charge in [0.1, 0.15) is 18.5 Å². The number of aliphatic hydroxyl groups excluding tert-OH is 1. The van der Waals surface area contributed by atoms with Gasteiger partial charge in [-0.1, -0.05) is 11.6 Å². The Kier molecular flexibility index (Phi) is 7.50. The van der Waals surface area contributed by atoms with Gasteiger partial charge in [0.15, 0.2) is 11.5 Å². The summed E-state index contributed by atoms with van der Waals surface area (Å²) in [6, 6.07) is 7.44. The van der Waals surface area contributed by atoms with Crippen molar-refractivity contribution in [1.82, 2.24) is 5.32 Å². The van der Waals surface area contributed by atoms with Gasteiger partial charge in [-0.15, -0.1) is 0 Å². The Morgan fingerprint density at radius 3 is 2.61 bits per heavy atom. The highest BCUT2D eigenvalue weighted by Gasteiger charge is 2.30. The molecule has 2 aromatic rings. The second-order valence-corrected chi connectivity index (χ2v) is 7.33. The van der Waals surface area contributed by atoms with Crippen molar-refractivity contribution in [2.75, 3.05) is 26.4 Å². The molecule has 10 heteroatoms. The molecule has 1 heterocycles. The molecule has 3 rings (SSSR count). The van der Waals surface area contributed by atoms with E-state index in [0.717, 1.165) is 18.6 Å². The second kappa shape index (κ2) is 10.1. The van der Waals surface area contributed by atoms with E-state index in [9.17, 15) is 23.1 Å². The van der Waals surface area contributed by atoms with E-state index in [0.29, 0.717) is 35.3 Å². The van der Waals surface area contributed by atoms with Gasteiger partial charge in [0.2, 0.25) is 5.91 Å². The SMILES string of the molecule is O=C(Cc1cc(Cl)c2c(c1)OCCCO2)NCC(O)COc1ccc(C(F)(F)F)cc1. The number of carbonyl (C=O) groups excluding carboxylic acids is 1. The molecule has 0 bridgehead atoms. The zero-order valence-electron chi connectivity index (χ0n) is 16.4. The van der Waals surface area contributed by atoms with Crippen molar-refractivity contribution in [3.8, 4) is 17.2 Å². The topological polar surface area (TPSA) is 77.0 Å². The minimum absolute atomic E-state index is 0.0167. The number of benzene rings is 2. The third-order valence-electron chi connectivity index (χ3n) is 4.39. The molecule has 1 atom stereocenters. The smallest absolute Gasteiger partial charge is 0.416 e. The minimum atomic E-state index is -4.43. The average Bonchev–Trinajstić information content (AvgIpc) is 2.96. The van der Waals surface area contributed by atoms with Gasteiger partial charge >= 0.3 is 6.18 Å². The molecule has 6 nitrogen and oxygen atoms in total. The molecule has 1 aliphatic rings. The summed E-state index contributed by atoms with van der Waals surface area (Å²) in [6.07, 6.45) is -4.72. The van der Waals surface area contributed by atoms with Crippen LogP contribution < -0.4 is 19.5 Å². The Hall–Kier alpha value is -2.65. The Bertz CT molecular complexity index is 905. The average molecular weight is 460 g/mol. The number of amides is 1. The minimum Gasteiger partial charge on any atom is -0.491 e. The van der Waals surface area contributed by atoms with E-state index in [1.807, 2.05) is 0 Å². The van der Waals surface area contributed by atoms with Crippen molar-refractivity contribution in [3.05, 3.63) is 52.5 Å². The molecular formula is C21H21ClF3NO5. The molecule has 0 radical (unpaired) electrons. The molecule has 0 spiro atoms. The van der Waals surface area contributed by atoms with Crippen LogP contribution in [0.15, 0.2) is 36.4 Å². The first-order chi connectivity index (χ1) is 14.7. The summed E-state index contributed by atoms with van der Waals surface area (Å²) in [5.41, 5.74) is -0.162. The third kappa shape index (κ3) is 6.67. The van der Waals surface area contributed by atoms with Crippen LogP contribution in [-0.2, 0) is 17.4 Å². The predicted molar refractivity (Wildman–Crippen MR) is 107 cm³/mol. The van der Waals surface area contributed by atoms with Crippen molar-refractivity contribution in [3.63, 3.8) is 0 Å². The number of alkyl halides is 3. The molecule has 168 valence electrons. The van der Waals surface area contributed by atoms with Gasteiger partial charge in [0, 0.05) is 13.0 Å². The second-order valence-electron chi connectivity index (χ2n) is 6.92. The lowest BCUT2D eigenvalue weighted by molar-refractivity contribution is -0.137. The number of ether oxygens (including phenoxy) is 3. The Labute approximate surface area is 181 Å². The van der Waals surface area contributed by atoms with Crippen molar-refractivity contribution >= 4 is 17.5 Å². The summed E-state index contributed by atoms with van der Waals surface area (Å²) in [7, 11) is 0. The lowest BCUT2D eigenvalue weighted by atomic mass is 10.1. The van der Waals surface area contributed by atoms with Crippen LogP contribution in [0.2, 0.25) is 5.02 Å². The first-order valence-electron chi connectivity index (χ1n) is 9.55. The first-order valence-corrected chi connectivity index (χ1v) is 9.93. The van der Waals surface area contributed by atoms with Crippen LogP contribution in [0.1, 0.15) is 17.5 Å². The van der Waals surface area contributed by atoms with Crippen molar-refractivity contribution < 1.29 is 37.3 Å². The number of halogens is 4. The fraction of sp³-hybridized carbons (Fsp3) is 0.381. The monoisotopic (exact) mass is 459 g/mol. The lowest BCUT2D eigenvalue weighted by Gasteiger charge is -2.15. The fourth-order valence-corrected chi connectivity index (χ4v) is 3.15. The highest BCUT2D eigenvalue weighted by molar-refractivity contribution is 6.32. The molecule has 0 fully saturated rings. The Balaban J connectivity index is 1.45. The van der Waals surface area contributed by atoms with Crippen LogP contribution >= 0.6 is 11.6 Å². The van der Waals surface area contributed by atoms with E-state index < -0.39 is 17.8 Å². The normalized spacial score (nSPS) is 14.5. The van der Waals surface area contributed by atoms with Gasteiger partial charge in [0.05, 0.1) is 30.2 Å². The zero-order chi connectivity index (χ0) is 22.4. The summed E-state index contributed by atoms with van der Waals surface area (Å²) < 4.78 is 54.0. The van der Waals surface area contributed by atoms with E-state index in [1.165, 1.54) is 12.1 Å². The Morgan fingerprint density at radius 1 is 1.19 bits per heavy atom. The number of hydrogen-bond acceptors (Lipinski definition) is 5. The van der Waals surface area contributed by atoms with Crippen LogP contribution in [0.3, 0.4) is 0 Å². The summed E-state index contributed by atoms with van der Waals surface area (Å²) >= 11 is 6.21. The van der Waals surface area contributed by atoms with Gasteiger partial charge in [-0.3, -0.25) is 4.79 Å². The number of fused-ring (bicyclic) bond motifs is 1. The van der Waals surface area contributed by atoms with Gasteiger partial charge in [0.25, 0.3) is 0 Å². The van der Waals surface area contributed by atoms with E-state index >= 15 is 0 Å². The molecule has 2 N–H and O–H groups in total. The molecule has 0 saturated heterocycles. The zero-order valence-corrected chi connectivity index (χ0v) is 17.1. The molecule has 0 aliphatic carbocycles. The molecule has 31 heavy (non-hydrogen) atoms. The molecule has 2 aromatic carbocycles. The van der Waals surface area contributed by atoms with Gasteiger partial charge in [-0.2, -0.15) is 13.2 Å². The number of rotatable bonds is 7. The highest BCUT2D eigenvalue weighted by Crippen LogP contribution is 2.38. The number of hydrogen-bond donors (Lipinski definition) is 2. The number of nitrogens with one attached hydrogen (secondary N) is 1. The van der Waals surface area contributed by atoms with Crippen molar-refractivity contribution in [2.24, 2.45) is 0 Å². The first kappa shape index (κ1) is 23.0. The number of aliphatic hydroxyl groups is 1. The molecular weight excluding hydrogens is 439 g/mol. The van der Waals surface area contributed by atoms with Crippen LogP contribution in [0.5, 0.6) is 17.2 Å². The van der Waals surface area contributed by atoms with Crippen LogP contribution in [0.4, 0.5) is 13.2 Å². The lowest BCUT2D eigenvalue weighted by Crippen LogP contribution is -2.36. The molecule has 1 aliphatic heterocycles. The van der Waals surface area contributed by atoms with E-state index in [1.54, 1.807) is 12.1 Å². The predicted octanol–water partition coefficient (Wildman–Crippen LogP) is 3.62. The van der Waals surface area contributed by atoms with Crippen molar-refractivity contribution in [1.29, 1.82) is 0 Å². The fourth-order valence-electron chi connectivity index (χ4n) is 2.86. The molecule has 0 saturated carbocycles. The molecule has 1 unspecified atom stereocenters. The summed E-state index contributed by atoms with van der Waals surface area (Å²) in [4.78, 5) is 12.2. The standard InChI is InChI=1S/C21H21ClF3NO5/c22-17-8-13(9-18-20(17)30-7-1-6-29-18)10-19(28)26-11-15(27)12-31-16-4-2-14(3-5-16)21(23,24)25/h2-5,8-9,15,27H,1,6-7,10-12H2,(H,26,28). The maximum atomic E-state index is 12.5. The number of carbonyl (C=O) groups is 1. The summed E-state index contributed by atoms with van der Waals surface area (Å²) in [5.74, 6) is 0.774. The van der Waals surface area contributed by atoms with E-state index in [4.69, 9.17) is 25.8 Å². The quantitative estimate of drug-likeness (QED) is 0.661. The third-order valence-corrected chi connectivity index (χ3v) is 4.67. The van der Waals surface area contributed by atoms with Crippen LogP contribution in [0.25, 0.3) is 0 Å². The molecule has 1 amide bonds. The Morgan fingerprint density at radius 2 is 1.90 bits per heavy atom. The van der Waals surface area contributed by atoms with Gasteiger partial charge in [-0.25, -0.2) is 0 Å². The van der Waals surface area contributed by atoms with E-state index in [2.05, 4.69) is 5.32 Å². The summed E-state index contributed by atoms with van der Waals surface area (Å²) in [5, 5.41) is 12.9. The largest absolute Gasteiger partial charge is 0.491 e. The van der Waals surface area contributed by atoms with Crippen molar-refractivity contribution in [2.45, 2.75) is 25.1 Å². The van der Waals surface area contributed by atoms with E-state index in [-0.39, 0.29) is 31.2 Å². The van der Waals surface area contributed by atoms with Gasteiger partial charge in [-0.05, 0) is 42.0 Å².